The summed E-state index contributed by atoms with van der Waals surface area (Å²) in [5, 5.41) is 5.53. The molecule has 0 aromatic carbocycles. The van der Waals surface area contributed by atoms with Gasteiger partial charge in [-0.1, -0.05) is 0 Å². The highest BCUT2D eigenvalue weighted by molar-refractivity contribution is 7.99. The van der Waals surface area contributed by atoms with Crippen LogP contribution in [0.5, 0.6) is 5.75 Å². The van der Waals surface area contributed by atoms with Crippen LogP contribution in [0.2, 0.25) is 0 Å². The first-order chi connectivity index (χ1) is 7.09. The van der Waals surface area contributed by atoms with Crippen molar-refractivity contribution in [3.63, 3.8) is 0 Å². The zero-order valence-corrected chi connectivity index (χ0v) is 11.4. The first-order valence-electron chi connectivity index (χ1n) is 4.95. The molecule has 0 spiro atoms. The molecule has 0 radical (unpaired) electrons. The Labute approximate surface area is 100 Å². The van der Waals surface area contributed by atoms with Crippen LogP contribution in [0.1, 0.15) is 18.7 Å². The SMILES string of the molecule is COc1ccsc1CNCC(C)(C)SC. The quantitative estimate of drug-likeness (QED) is 0.832. The van der Waals surface area contributed by atoms with Crippen LogP contribution in [0.15, 0.2) is 11.4 Å². The van der Waals surface area contributed by atoms with Crippen LogP contribution in [-0.4, -0.2) is 24.7 Å². The van der Waals surface area contributed by atoms with Gasteiger partial charge in [-0.2, -0.15) is 11.8 Å². The van der Waals surface area contributed by atoms with Gasteiger partial charge >= 0.3 is 0 Å². The molecule has 0 bridgehead atoms. The van der Waals surface area contributed by atoms with Gasteiger partial charge in [0.25, 0.3) is 0 Å². The van der Waals surface area contributed by atoms with Crippen molar-refractivity contribution in [2.75, 3.05) is 19.9 Å². The average molecular weight is 245 g/mol. The number of methoxy groups -OCH3 is 1. The summed E-state index contributed by atoms with van der Waals surface area (Å²) in [6, 6.07) is 2.02. The van der Waals surface area contributed by atoms with E-state index < -0.39 is 0 Å². The number of nitrogens with one attached hydrogen (secondary N) is 1. The maximum atomic E-state index is 5.26. The molecule has 1 aromatic heterocycles. The predicted octanol–water partition coefficient (Wildman–Crippen LogP) is 2.99. The summed E-state index contributed by atoms with van der Waals surface area (Å²) >= 11 is 3.62. The summed E-state index contributed by atoms with van der Waals surface area (Å²) in [7, 11) is 1.72. The molecule has 1 N–H and O–H groups in total. The zero-order chi connectivity index (χ0) is 11.3. The van der Waals surface area contributed by atoms with Crippen LogP contribution in [-0.2, 0) is 6.54 Å². The highest BCUT2D eigenvalue weighted by Gasteiger charge is 2.15. The second kappa shape index (κ2) is 5.77. The van der Waals surface area contributed by atoms with Crippen molar-refractivity contribution in [1.29, 1.82) is 0 Å². The Hall–Kier alpha value is -0.190. The molecular formula is C11H19NOS2. The molecule has 0 aliphatic heterocycles. The molecule has 0 aliphatic carbocycles. The van der Waals surface area contributed by atoms with E-state index in [1.807, 2.05) is 17.8 Å². The van der Waals surface area contributed by atoms with Crippen molar-refractivity contribution in [2.24, 2.45) is 0 Å². The van der Waals surface area contributed by atoms with Crippen LogP contribution >= 0.6 is 23.1 Å². The fourth-order valence-corrected chi connectivity index (χ4v) is 2.24. The molecular weight excluding hydrogens is 226 g/mol. The number of hydrogen-bond acceptors (Lipinski definition) is 4. The van der Waals surface area contributed by atoms with Gasteiger partial charge in [0.05, 0.1) is 12.0 Å². The number of hydrogen-bond donors (Lipinski definition) is 1. The van der Waals surface area contributed by atoms with Gasteiger partial charge in [-0.3, -0.25) is 0 Å². The summed E-state index contributed by atoms with van der Waals surface area (Å²) < 4.78 is 5.56. The number of ether oxygens (including phenoxy) is 1. The molecule has 15 heavy (non-hydrogen) atoms. The molecule has 1 heterocycles. The number of thioether (sulfide) groups is 1. The van der Waals surface area contributed by atoms with Crippen LogP contribution in [0.3, 0.4) is 0 Å². The molecule has 0 aliphatic rings. The monoisotopic (exact) mass is 245 g/mol. The Bertz CT molecular complexity index is 297. The van der Waals surface area contributed by atoms with Gasteiger partial charge in [0.2, 0.25) is 0 Å². The summed E-state index contributed by atoms with van der Waals surface area (Å²) in [6.45, 7) is 6.40. The minimum Gasteiger partial charge on any atom is -0.496 e. The molecule has 0 fully saturated rings. The van der Waals surface area contributed by atoms with Crippen LogP contribution in [0.25, 0.3) is 0 Å². The fourth-order valence-electron chi connectivity index (χ4n) is 1.19. The topological polar surface area (TPSA) is 21.3 Å². The van der Waals surface area contributed by atoms with E-state index in [4.69, 9.17) is 4.74 Å². The van der Waals surface area contributed by atoms with Gasteiger partial charge in [0.1, 0.15) is 5.75 Å². The molecule has 0 saturated heterocycles. The second-order valence-corrected chi connectivity index (χ2v) is 6.49. The highest BCUT2D eigenvalue weighted by Crippen LogP contribution is 2.25. The first-order valence-corrected chi connectivity index (χ1v) is 7.06. The molecule has 1 aromatic rings. The van der Waals surface area contributed by atoms with Gasteiger partial charge < -0.3 is 10.1 Å². The molecule has 0 amide bonds. The van der Waals surface area contributed by atoms with E-state index in [1.54, 1.807) is 18.4 Å². The van der Waals surface area contributed by atoms with E-state index in [1.165, 1.54) is 4.88 Å². The van der Waals surface area contributed by atoms with Gasteiger partial charge in [0, 0.05) is 17.8 Å². The third-order valence-electron chi connectivity index (χ3n) is 2.31. The van der Waals surface area contributed by atoms with Crippen molar-refractivity contribution < 1.29 is 4.74 Å². The van der Waals surface area contributed by atoms with Gasteiger partial charge in [0.15, 0.2) is 0 Å². The Kier molecular flexibility index (Phi) is 4.96. The molecule has 86 valence electrons. The molecule has 0 saturated carbocycles. The lowest BCUT2D eigenvalue weighted by atomic mass is 10.2. The van der Waals surface area contributed by atoms with Crippen LogP contribution < -0.4 is 10.1 Å². The Balaban J connectivity index is 2.38. The molecule has 2 nitrogen and oxygen atoms in total. The first kappa shape index (κ1) is 12.9. The minimum absolute atomic E-state index is 0.296. The molecule has 0 atom stereocenters. The van der Waals surface area contributed by atoms with Gasteiger partial charge in [-0.25, -0.2) is 0 Å². The maximum Gasteiger partial charge on any atom is 0.134 e. The van der Waals surface area contributed by atoms with Gasteiger partial charge in [-0.15, -0.1) is 11.3 Å². The van der Waals surface area contributed by atoms with Crippen molar-refractivity contribution in [3.05, 3.63) is 16.3 Å². The van der Waals surface area contributed by atoms with E-state index >= 15 is 0 Å². The highest BCUT2D eigenvalue weighted by atomic mass is 32.2. The molecule has 0 unspecified atom stereocenters. The fraction of sp³-hybridized carbons (Fsp3) is 0.636. The van der Waals surface area contributed by atoms with Gasteiger partial charge in [-0.05, 0) is 31.5 Å². The van der Waals surface area contributed by atoms with Crippen molar-refractivity contribution >= 4 is 23.1 Å². The van der Waals surface area contributed by atoms with Crippen LogP contribution in [0, 0.1) is 0 Å². The Morgan fingerprint density at radius 3 is 2.87 bits per heavy atom. The largest absolute Gasteiger partial charge is 0.496 e. The normalized spacial score (nSPS) is 11.7. The summed E-state index contributed by atoms with van der Waals surface area (Å²) in [4.78, 5) is 1.27. The second-order valence-electron chi connectivity index (χ2n) is 3.98. The Morgan fingerprint density at radius 1 is 1.53 bits per heavy atom. The van der Waals surface area contributed by atoms with Crippen molar-refractivity contribution in [1.82, 2.24) is 5.32 Å². The maximum absolute atomic E-state index is 5.26. The third-order valence-corrected chi connectivity index (χ3v) is 4.47. The lowest BCUT2D eigenvalue weighted by molar-refractivity contribution is 0.410. The van der Waals surface area contributed by atoms with E-state index in [9.17, 15) is 0 Å². The number of thiophene rings is 1. The summed E-state index contributed by atoms with van der Waals surface area (Å²) in [5.74, 6) is 0.995. The third kappa shape index (κ3) is 4.05. The van der Waals surface area contributed by atoms with Crippen LogP contribution in [0.4, 0.5) is 0 Å². The average Bonchev–Trinajstić information content (AvgIpc) is 2.65. The lowest BCUT2D eigenvalue weighted by Crippen LogP contribution is -2.31. The molecule has 4 heteroatoms. The zero-order valence-electron chi connectivity index (χ0n) is 9.79. The lowest BCUT2D eigenvalue weighted by Gasteiger charge is -2.22. The Morgan fingerprint density at radius 2 is 2.27 bits per heavy atom. The van der Waals surface area contributed by atoms with E-state index in [0.29, 0.717) is 4.75 Å². The van der Waals surface area contributed by atoms with Crippen molar-refractivity contribution in [3.8, 4) is 5.75 Å². The van der Waals surface area contributed by atoms with Crippen molar-refractivity contribution in [2.45, 2.75) is 25.1 Å². The smallest absolute Gasteiger partial charge is 0.134 e. The van der Waals surface area contributed by atoms with E-state index in [-0.39, 0.29) is 0 Å². The van der Waals surface area contributed by atoms with E-state index in [0.717, 1.165) is 18.8 Å². The molecule has 1 rings (SSSR count). The summed E-state index contributed by atoms with van der Waals surface area (Å²) in [6.07, 6.45) is 2.15. The predicted molar refractivity (Wildman–Crippen MR) is 70.2 cm³/mol. The standard InChI is InChI=1S/C11H19NOS2/c1-11(2,14-4)8-12-7-10-9(13-3)5-6-15-10/h5-6,12H,7-8H2,1-4H3. The minimum atomic E-state index is 0.296. The number of rotatable bonds is 6. The van der Waals surface area contributed by atoms with E-state index in [2.05, 4.69) is 30.8 Å². The summed E-state index contributed by atoms with van der Waals surface area (Å²) in [5.41, 5.74) is 0.